The largest absolute Gasteiger partial charge is 0.465 e. The minimum absolute atomic E-state index is 0.195. The summed E-state index contributed by atoms with van der Waals surface area (Å²) in [6, 6.07) is 0. The fourth-order valence-corrected chi connectivity index (χ4v) is 1.24. The van der Waals surface area contributed by atoms with Gasteiger partial charge in [-0.25, -0.2) is 4.79 Å². The molecule has 7 heteroatoms. The van der Waals surface area contributed by atoms with Crippen molar-refractivity contribution in [1.82, 2.24) is 4.90 Å². The van der Waals surface area contributed by atoms with Gasteiger partial charge in [0.05, 0.1) is 13.2 Å². The van der Waals surface area contributed by atoms with Crippen LogP contribution in [0.2, 0.25) is 0 Å². The molecule has 0 aromatic heterocycles. The molecule has 0 N–H and O–H groups in total. The zero-order valence-corrected chi connectivity index (χ0v) is 12.7. The maximum absolute atomic E-state index is 11.9. The van der Waals surface area contributed by atoms with E-state index in [0.717, 1.165) is 4.90 Å². The Morgan fingerprint density at radius 3 is 1.60 bits per heavy atom. The van der Waals surface area contributed by atoms with Crippen molar-refractivity contribution in [3.8, 4) is 0 Å². The molecular formula is C13H23NO6. The van der Waals surface area contributed by atoms with Gasteiger partial charge in [-0.05, 0) is 34.6 Å². The molecule has 0 spiro atoms. The molecule has 0 aliphatic rings. The van der Waals surface area contributed by atoms with Crippen LogP contribution in [0.1, 0.15) is 34.6 Å². The minimum Gasteiger partial charge on any atom is -0.465 e. The summed E-state index contributed by atoms with van der Waals surface area (Å²) in [4.78, 5) is 35.8. The topological polar surface area (TPSA) is 82.1 Å². The zero-order valence-electron chi connectivity index (χ0n) is 12.7. The standard InChI is InChI=1S/C13H23NO6/c1-6-18-10(15)8-14(9-11(16)19-7-2)12(17)20-13(3,4)5/h6-9H2,1-5H3. The number of rotatable bonds is 6. The molecule has 0 heterocycles. The Hall–Kier alpha value is -1.79. The van der Waals surface area contributed by atoms with E-state index in [-0.39, 0.29) is 26.3 Å². The number of carbonyl (C=O) groups excluding carboxylic acids is 3. The van der Waals surface area contributed by atoms with Crippen LogP contribution in [0, 0.1) is 0 Å². The Bertz CT molecular complexity index is 327. The van der Waals surface area contributed by atoms with Crippen molar-refractivity contribution < 1.29 is 28.6 Å². The maximum Gasteiger partial charge on any atom is 0.411 e. The predicted molar refractivity (Wildman–Crippen MR) is 71.1 cm³/mol. The van der Waals surface area contributed by atoms with Crippen molar-refractivity contribution in [2.75, 3.05) is 26.3 Å². The highest BCUT2D eigenvalue weighted by molar-refractivity contribution is 5.82. The molecule has 0 rings (SSSR count). The van der Waals surface area contributed by atoms with E-state index in [1.54, 1.807) is 34.6 Å². The lowest BCUT2D eigenvalue weighted by Gasteiger charge is -2.26. The monoisotopic (exact) mass is 289 g/mol. The molecule has 0 unspecified atom stereocenters. The highest BCUT2D eigenvalue weighted by Gasteiger charge is 2.26. The van der Waals surface area contributed by atoms with E-state index in [4.69, 9.17) is 14.2 Å². The average Bonchev–Trinajstić information content (AvgIpc) is 2.26. The molecule has 7 nitrogen and oxygen atoms in total. The molecule has 0 aliphatic carbocycles. The fourth-order valence-electron chi connectivity index (χ4n) is 1.24. The maximum atomic E-state index is 11.9. The minimum atomic E-state index is -0.765. The number of nitrogens with zero attached hydrogens (tertiary/aromatic N) is 1. The quantitative estimate of drug-likeness (QED) is 0.542. The normalized spacial score (nSPS) is 10.7. The molecule has 0 bridgehead atoms. The van der Waals surface area contributed by atoms with E-state index >= 15 is 0 Å². The van der Waals surface area contributed by atoms with Gasteiger partial charge in [-0.1, -0.05) is 0 Å². The van der Waals surface area contributed by atoms with E-state index in [1.807, 2.05) is 0 Å². The lowest BCUT2D eigenvalue weighted by molar-refractivity contribution is -0.148. The number of esters is 2. The van der Waals surface area contributed by atoms with Crippen LogP contribution in [-0.4, -0.2) is 54.8 Å². The van der Waals surface area contributed by atoms with Gasteiger partial charge in [-0.2, -0.15) is 0 Å². The van der Waals surface area contributed by atoms with E-state index in [0.29, 0.717) is 0 Å². The summed E-state index contributed by atoms with van der Waals surface area (Å²) in [6.07, 6.45) is -0.765. The van der Waals surface area contributed by atoms with Crippen molar-refractivity contribution in [3.63, 3.8) is 0 Å². The number of ether oxygens (including phenoxy) is 3. The van der Waals surface area contributed by atoms with Crippen LogP contribution in [0.4, 0.5) is 4.79 Å². The fraction of sp³-hybridized carbons (Fsp3) is 0.769. The Labute approximate surface area is 119 Å². The molecule has 0 saturated carbocycles. The first-order valence-electron chi connectivity index (χ1n) is 6.48. The van der Waals surface area contributed by atoms with Crippen LogP contribution >= 0.6 is 0 Å². The lowest BCUT2D eigenvalue weighted by atomic mass is 10.2. The third-order valence-corrected chi connectivity index (χ3v) is 1.90. The summed E-state index contributed by atoms with van der Waals surface area (Å²) in [5.41, 5.74) is -0.724. The van der Waals surface area contributed by atoms with Crippen LogP contribution < -0.4 is 0 Å². The van der Waals surface area contributed by atoms with Gasteiger partial charge in [0.15, 0.2) is 0 Å². The molecule has 0 aromatic rings. The second kappa shape index (κ2) is 8.39. The first-order valence-corrected chi connectivity index (χ1v) is 6.48. The number of hydrogen-bond donors (Lipinski definition) is 0. The van der Waals surface area contributed by atoms with Gasteiger partial charge in [-0.15, -0.1) is 0 Å². The molecule has 116 valence electrons. The summed E-state index contributed by atoms with van der Waals surface area (Å²) >= 11 is 0. The smallest absolute Gasteiger partial charge is 0.411 e. The number of carbonyl (C=O) groups is 3. The van der Waals surface area contributed by atoms with Crippen molar-refractivity contribution in [2.45, 2.75) is 40.2 Å². The van der Waals surface area contributed by atoms with Gasteiger partial charge in [0, 0.05) is 0 Å². The first kappa shape index (κ1) is 18.2. The van der Waals surface area contributed by atoms with Crippen molar-refractivity contribution in [2.24, 2.45) is 0 Å². The highest BCUT2D eigenvalue weighted by Crippen LogP contribution is 2.10. The molecule has 0 aliphatic heterocycles. The van der Waals surface area contributed by atoms with Crippen LogP contribution in [0.15, 0.2) is 0 Å². The van der Waals surface area contributed by atoms with Gasteiger partial charge in [-0.3, -0.25) is 14.5 Å². The molecule has 0 aromatic carbocycles. The van der Waals surface area contributed by atoms with Crippen molar-refractivity contribution >= 4 is 18.0 Å². The van der Waals surface area contributed by atoms with E-state index < -0.39 is 23.6 Å². The van der Waals surface area contributed by atoms with Crippen LogP contribution in [0.3, 0.4) is 0 Å². The molecule has 0 fully saturated rings. The first-order chi connectivity index (χ1) is 9.19. The highest BCUT2D eigenvalue weighted by atomic mass is 16.6. The lowest BCUT2D eigenvalue weighted by Crippen LogP contribution is -2.43. The number of hydrogen-bond acceptors (Lipinski definition) is 6. The van der Waals surface area contributed by atoms with Crippen LogP contribution in [-0.2, 0) is 23.8 Å². The third-order valence-electron chi connectivity index (χ3n) is 1.90. The summed E-state index contributed by atoms with van der Waals surface area (Å²) in [7, 11) is 0. The SMILES string of the molecule is CCOC(=O)CN(CC(=O)OCC)C(=O)OC(C)(C)C. The average molecular weight is 289 g/mol. The van der Waals surface area contributed by atoms with Crippen molar-refractivity contribution in [1.29, 1.82) is 0 Å². The Morgan fingerprint density at radius 1 is 0.900 bits per heavy atom. The Kier molecular flexibility index (Phi) is 7.64. The predicted octanol–water partition coefficient (Wildman–Crippen LogP) is 1.35. The molecule has 0 saturated heterocycles. The summed E-state index contributed by atoms with van der Waals surface area (Å²) in [5.74, 6) is -1.22. The third kappa shape index (κ3) is 8.34. The summed E-state index contributed by atoms with van der Waals surface area (Å²) < 4.78 is 14.6. The van der Waals surface area contributed by atoms with Gasteiger partial charge in [0.25, 0.3) is 0 Å². The molecule has 0 atom stereocenters. The van der Waals surface area contributed by atoms with Gasteiger partial charge >= 0.3 is 18.0 Å². The second-order valence-electron chi connectivity index (χ2n) is 4.95. The second-order valence-corrected chi connectivity index (χ2v) is 4.95. The Balaban J connectivity index is 4.73. The van der Waals surface area contributed by atoms with Crippen LogP contribution in [0.5, 0.6) is 0 Å². The zero-order chi connectivity index (χ0) is 15.8. The van der Waals surface area contributed by atoms with Gasteiger partial charge in [0.2, 0.25) is 0 Å². The van der Waals surface area contributed by atoms with Gasteiger partial charge < -0.3 is 14.2 Å². The summed E-state index contributed by atoms with van der Waals surface area (Å²) in [6.45, 7) is 8.06. The van der Waals surface area contributed by atoms with E-state index in [2.05, 4.69) is 0 Å². The Morgan fingerprint density at radius 2 is 1.30 bits per heavy atom. The molecule has 20 heavy (non-hydrogen) atoms. The number of amides is 1. The van der Waals surface area contributed by atoms with Crippen LogP contribution in [0.25, 0.3) is 0 Å². The van der Waals surface area contributed by atoms with E-state index in [1.165, 1.54) is 0 Å². The molecule has 1 amide bonds. The summed E-state index contributed by atoms with van der Waals surface area (Å²) in [5, 5.41) is 0. The van der Waals surface area contributed by atoms with Gasteiger partial charge in [0.1, 0.15) is 18.7 Å². The van der Waals surface area contributed by atoms with E-state index in [9.17, 15) is 14.4 Å². The molecule has 0 radical (unpaired) electrons. The molecular weight excluding hydrogens is 266 g/mol. The van der Waals surface area contributed by atoms with Crippen molar-refractivity contribution in [3.05, 3.63) is 0 Å².